The van der Waals surface area contributed by atoms with Gasteiger partial charge in [-0.3, -0.25) is 24.0 Å². The summed E-state index contributed by atoms with van der Waals surface area (Å²) in [5.74, 6) is -0.958. The molecule has 5 atom stereocenters. The Morgan fingerprint density at radius 3 is 2.26 bits per heavy atom. The molecule has 14 nitrogen and oxygen atoms in total. The first-order valence-corrected chi connectivity index (χ1v) is 15.0. The number of carbonyl (C=O) groups is 4. The van der Waals surface area contributed by atoms with Crippen LogP contribution in [0.25, 0.3) is 22.1 Å². The van der Waals surface area contributed by atoms with E-state index in [4.69, 9.17) is 37.6 Å². The molecule has 1 fully saturated rings. The second-order valence-corrected chi connectivity index (χ2v) is 11.1. The molecule has 1 saturated heterocycles. The number of aryl methyl sites for hydroxylation is 1. The molecule has 2 aliphatic heterocycles. The number of esters is 3. The molecule has 5 rings (SSSR count). The number of carbonyl (C=O) groups excluding carboxylic acids is 4. The fourth-order valence-electron chi connectivity index (χ4n) is 5.54. The van der Waals surface area contributed by atoms with Gasteiger partial charge in [-0.1, -0.05) is 6.07 Å². The number of amides is 1. The SMILES string of the molecule is CC(=O)N[C@H]1[C@H](Oc2ccc3c(=O)c(-c4ccc5c(c4)OCCCO5)c(C)oc3c2)O[C@H](COC(C)=O)[C@@H](OC(C)=O)[C@@H]1OC(C)=O. The summed E-state index contributed by atoms with van der Waals surface area (Å²) in [7, 11) is 0. The minimum atomic E-state index is -1.35. The molecule has 1 N–H and O–H groups in total. The van der Waals surface area contributed by atoms with Crippen LogP contribution in [0.4, 0.5) is 0 Å². The van der Waals surface area contributed by atoms with E-state index in [9.17, 15) is 24.0 Å². The van der Waals surface area contributed by atoms with E-state index in [-0.39, 0.29) is 28.8 Å². The third-order valence-electron chi connectivity index (χ3n) is 7.40. The molecule has 0 unspecified atom stereocenters. The largest absolute Gasteiger partial charge is 0.490 e. The smallest absolute Gasteiger partial charge is 0.303 e. The van der Waals surface area contributed by atoms with Gasteiger partial charge in [0.05, 0.1) is 24.2 Å². The van der Waals surface area contributed by atoms with Gasteiger partial charge in [-0.25, -0.2) is 0 Å². The van der Waals surface area contributed by atoms with Crippen molar-refractivity contribution >= 4 is 34.8 Å². The molecule has 0 spiro atoms. The predicted molar refractivity (Wildman–Crippen MR) is 163 cm³/mol. The molecule has 14 heteroatoms. The van der Waals surface area contributed by atoms with Crippen LogP contribution in [-0.2, 0) is 38.1 Å². The lowest BCUT2D eigenvalue weighted by Crippen LogP contribution is -2.67. The topological polar surface area (TPSA) is 175 Å². The van der Waals surface area contributed by atoms with E-state index in [1.54, 1.807) is 25.1 Å². The second-order valence-electron chi connectivity index (χ2n) is 11.1. The van der Waals surface area contributed by atoms with Crippen LogP contribution < -0.4 is 25.0 Å². The van der Waals surface area contributed by atoms with Crippen LogP contribution in [0.1, 0.15) is 39.9 Å². The first-order chi connectivity index (χ1) is 22.4. The number of nitrogens with one attached hydrogen (secondary N) is 1. The lowest BCUT2D eigenvalue weighted by Gasteiger charge is -2.44. The summed E-state index contributed by atoms with van der Waals surface area (Å²) in [6, 6.07) is 8.63. The number of rotatable bonds is 8. The summed E-state index contributed by atoms with van der Waals surface area (Å²) in [6.07, 6.45) is -4.32. The first kappa shape index (κ1) is 33.3. The van der Waals surface area contributed by atoms with Gasteiger partial charge in [0, 0.05) is 40.2 Å². The zero-order valence-electron chi connectivity index (χ0n) is 26.5. The average molecular weight is 654 g/mol. The Bertz CT molecular complexity index is 1750. The molecule has 1 aromatic heterocycles. The normalized spacial score (nSPS) is 22.0. The number of ether oxygens (including phenoxy) is 7. The summed E-state index contributed by atoms with van der Waals surface area (Å²) < 4.78 is 45.9. The monoisotopic (exact) mass is 653 g/mol. The molecule has 1 amide bonds. The van der Waals surface area contributed by atoms with Crippen molar-refractivity contribution < 1.29 is 56.8 Å². The highest BCUT2D eigenvalue weighted by Gasteiger charge is 2.52. The summed E-state index contributed by atoms with van der Waals surface area (Å²) in [5, 5.41) is 2.92. The molecule has 0 saturated carbocycles. The van der Waals surface area contributed by atoms with E-state index in [2.05, 4.69) is 5.32 Å². The Kier molecular flexibility index (Phi) is 9.99. The number of hydrogen-bond donors (Lipinski definition) is 1. The van der Waals surface area contributed by atoms with Crippen molar-refractivity contribution in [3.05, 3.63) is 52.4 Å². The van der Waals surface area contributed by atoms with Crippen LogP contribution in [-0.4, -0.2) is 74.3 Å². The summed E-state index contributed by atoms with van der Waals surface area (Å²) >= 11 is 0. The van der Waals surface area contributed by atoms with Crippen molar-refractivity contribution in [2.24, 2.45) is 0 Å². The zero-order valence-corrected chi connectivity index (χ0v) is 26.5. The minimum absolute atomic E-state index is 0.169. The van der Waals surface area contributed by atoms with E-state index >= 15 is 0 Å². The fraction of sp³-hybridized carbons (Fsp3) is 0.424. The highest BCUT2D eigenvalue weighted by molar-refractivity contribution is 5.84. The van der Waals surface area contributed by atoms with Crippen molar-refractivity contribution in [3.63, 3.8) is 0 Å². The van der Waals surface area contributed by atoms with E-state index in [0.29, 0.717) is 41.6 Å². The quantitative estimate of drug-likeness (QED) is 0.278. The lowest BCUT2D eigenvalue weighted by molar-refractivity contribution is -0.257. The van der Waals surface area contributed by atoms with Gasteiger partial charge < -0.3 is 42.9 Å². The highest BCUT2D eigenvalue weighted by Crippen LogP contribution is 2.36. The molecule has 250 valence electrons. The highest BCUT2D eigenvalue weighted by atomic mass is 16.7. The van der Waals surface area contributed by atoms with Crippen molar-refractivity contribution in [1.82, 2.24) is 5.32 Å². The van der Waals surface area contributed by atoms with Gasteiger partial charge >= 0.3 is 17.9 Å². The Morgan fingerprint density at radius 1 is 0.872 bits per heavy atom. The number of benzene rings is 2. The second kappa shape index (κ2) is 14.1. The van der Waals surface area contributed by atoms with Crippen LogP contribution in [0.3, 0.4) is 0 Å². The van der Waals surface area contributed by atoms with Crippen molar-refractivity contribution in [2.75, 3.05) is 19.8 Å². The van der Waals surface area contributed by atoms with Crippen LogP contribution in [0, 0.1) is 6.92 Å². The van der Waals surface area contributed by atoms with Gasteiger partial charge in [0.2, 0.25) is 17.6 Å². The maximum Gasteiger partial charge on any atom is 0.303 e. The molecule has 0 radical (unpaired) electrons. The summed E-state index contributed by atoms with van der Waals surface area (Å²) in [6.45, 7) is 7.04. The van der Waals surface area contributed by atoms with Gasteiger partial charge in [-0.2, -0.15) is 0 Å². The molecule has 47 heavy (non-hydrogen) atoms. The Labute approximate surface area is 269 Å². The van der Waals surface area contributed by atoms with Gasteiger partial charge in [0.1, 0.15) is 35.8 Å². The van der Waals surface area contributed by atoms with Crippen LogP contribution >= 0.6 is 0 Å². The maximum absolute atomic E-state index is 13.7. The van der Waals surface area contributed by atoms with Crippen LogP contribution in [0.15, 0.2) is 45.6 Å². The summed E-state index contributed by atoms with van der Waals surface area (Å²) in [5.41, 5.74) is 0.891. The van der Waals surface area contributed by atoms with Gasteiger partial charge in [-0.15, -0.1) is 0 Å². The molecule has 2 aliphatic rings. The molecular weight excluding hydrogens is 618 g/mol. The molecule has 0 bridgehead atoms. The van der Waals surface area contributed by atoms with E-state index in [0.717, 1.165) is 20.3 Å². The van der Waals surface area contributed by atoms with Gasteiger partial charge in [0.15, 0.2) is 23.7 Å². The van der Waals surface area contributed by atoms with E-state index < -0.39 is 54.5 Å². The summed E-state index contributed by atoms with van der Waals surface area (Å²) in [4.78, 5) is 61.8. The molecule has 3 heterocycles. The Morgan fingerprint density at radius 2 is 1.57 bits per heavy atom. The van der Waals surface area contributed by atoms with Crippen LogP contribution in [0.2, 0.25) is 0 Å². The van der Waals surface area contributed by atoms with Crippen molar-refractivity contribution in [2.45, 2.75) is 71.7 Å². The predicted octanol–water partition coefficient (Wildman–Crippen LogP) is 2.96. The fourth-order valence-corrected chi connectivity index (χ4v) is 5.54. The van der Waals surface area contributed by atoms with Crippen molar-refractivity contribution in [3.8, 4) is 28.4 Å². The van der Waals surface area contributed by atoms with Gasteiger partial charge in [0.25, 0.3) is 0 Å². The number of fused-ring (bicyclic) bond motifs is 2. The van der Waals surface area contributed by atoms with E-state index in [1.165, 1.54) is 32.0 Å². The standard InChI is InChI=1S/C33H35NO13/c1-16-28(21-7-10-24-26(13-21)41-12-6-11-40-24)30(39)23-9-8-22(14-25(23)43-16)46-33-29(34-17(2)35)32(45-20(5)38)31(44-19(4)37)27(47-33)15-42-18(3)36/h7-10,13-14,27,29,31-33H,6,11-12,15H2,1-5H3,(H,34,35)/t27-,29-,31-,32-,33-/m1/s1. The molecule has 2 aromatic carbocycles. The third kappa shape index (κ3) is 7.65. The van der Waals surface area contributed by atoms with Gasteiger partial charge in [-0.05, 0) is 36.8 Å². The lowest BCUT2D eigenvalue weighted by atomic mass is 9.96. The zero-order chi connectivity index (χ0) is 33.8. The minimum Gasteiger partial charge on any atom is -0.490 e. The Hall–Kier alpha value is -5.11. The van der Waals surface area contributed by atoms with Crippen molar-refractivity contribution in [1.29, 1.82) is 0 Å². The third-order valence-corrected chi connectivity index (χ3v) is 7.40. The first-order valence-electron chi connectivity index (χ1n) is 15.0. The molecule has 0 aliphatic carbocycles. The van der Waals surface area contributed by atoms with Crippen LogP contribution in [0.5, 0.6) is 17.2 Å². The van der Waals surface area contributed by atoms with E-state index in [1.807, 2.05) is 0 Å². The Balaban J connectivity index is 1.50. The average Bonchev–Trinajstić information content (AvgIpc) is 3.23. The maximum atomic E-state index is 13.7. The molecular formula is C33H35NO13. The molecule has 3 aromatic rings. The number of hydrogen-bond acceptors (Lipinski definition) is 13.